The van der Waals surface area contributed by atoms with Gasteiger partial charge in [-0.3, -0.25) is 4.57 Å². The van der Waals surface area contributed by atoms with Crippen LogP contribution in [0.4, 0.5) is 34.9 Å². The molecule has 0 atom stereocenters. The van der Waals surface area contributed by atoms with Crippen molar-refractivity contribution in [2.45, 2.75) is 13.5 Å². The number of alkyl halides is 2. The molecule has 30 heavy (non-hydrogen) atoms. The summed E-state index contributed by atoms with van der Waals surface area (Å²) in [6, 6.07) is 6.48. The summed E-state index contributed by atoms with van der Waals surface area (Å²) in [5.74, 6) is -2.97. The number of nitrogens with two attached hydrogens (primary N) is 1. The molecule has 0 aliphatic rings. The summed E-state index contributed by atoms with van der Waals surface area (Å²) in [5, 5.41) is 2.57. The normalized spacial score (nSPS) is 11.3. The Hall–Kier alpha value is -3.96. The average Bonchev–Trinajstić information content (AvgIpc) is 3.03. The van der Waals surface area contributed by atoms with Gasteiger partial charge in [0.1, 0.15) is 5.82 Å². The van der Waals surface area contributed by atoms with Crippen molar-refractivity contribution in [1.29, 1.82) is 0 Å². The summed E-state index contributed by atoms with van der Waals surface area (Å²) in [5.41, 5.74) is 6.74. The largest absolute Gasteiger partial charge is 0.432 e. The highest BCUT2D eigenvalue weighted by Crippen LogP contribution is 2.28. The zero-order chi connectivity index (χ0) is 21.4. The molecule has 4 aromatic rings. The Morgan fingerprint density at radius 2 is 1.93 bits per heavy atom. The van der Waals surface area contributed by atoms with E-state index >= 15 is 0 Å². The van der Waals surface area contributed by atoms with E-state index in [1.807, 2.05) is 0 Å². The number of benzene rings is 1. The van der Waals surface area contributed by atoms with Crippen molar-refractivity contribution in [3.63, 3.8) is 0 Å². The van der Waals surface area contributed by atoms with Gasteiger partial charge in [-0.05, 0) is 31.2 Å². The van der Waals surface area contributed by atoms with Crippen LogP contribution in [0.5, 0.6) is 5.75 Å². The smallest absolute Gasteiger partial charge is 0.387 e. The molecular formula is C18H13F4N7O. The zero-order valence-electron chi connectivity index (χ0n) is 15.3. The van der Waals surface area contributed by atoms with Gasteiger partial charge in [0, 0.05) is 18.0 Å². The molecule has 0 aliphatic carbocycles. The number of hydrogen-bond acceptors (Lipinski definition) is 7. The first-order valence-electron chi connectivity index (χ1n) is 8.48. The predicted octanol–water partition coefficient (Wildman–Crippen LogP) is 3.72. The Morgan fingerprint density at radius 1 is 1.13 bits per heavy atom. The first-order valence-corrected chi connectivity index (χ1v) is 8.48. The molecule has 154 valence electrons. The molecule has 0 aliphatic heterocycles. The van der Waals surface area contributed by atoms with Crippen LogP contribution < -0.4 is 15.8 Å². The Labute approximate surface area is 166 Å². The number of nitrogens with one attached hydrogen (secondary N) is 1. The Balaban J connectivity index is 1.74. The SMILES string of the molecule is Cc1nc2ncccc2n1-c1nc(N)c(F)c(Nc2ccc(OC(F)F)c(F)c2)n1. The van der Waals surface area contributed by atoms with Gasteiger partial charge in [0.2, 0.25) is 11.8 Å². The van der Waals surface area contributed by atoms with E-state index in [1.165, 1.54) is 10.6 Å². The molecule has 3 heterocycles. The first-order chi connectivity index (χ1) is 14.3. The summed E-state index contributed by atoms with van der Waals surface area (Å²) in [4.78, 5) is 16.5. The minimum absolute atomic E-state index is 0.0162. The van der Waals surface area contributed by atoms with Crippen LogP contribution in [0.1, 0.15) is 5.82 Å². The predicted molar refractivity (Wildman–Crippen MR) is 99.9 cm³/mol. The van der Waals surface area contributed by atoms with E-state index in [1.54, 1.807) is 25.3 Å². The van der Waals surface area contributed by atoms with Crippen molar-refractivity contribution in [1.82, 2.24) is 24.5 Å². The third-order valence-electron chi connectivity index (χ3n) is 4.07. The molecule has 0 unspecified atom stereocenters. The number of aromatic nitrogens is 5. The number of anilines is 3. The van der Waals surface area contributed by atoms with Crippen LogP contribution in [-0.4, -0.2) is 31.1 Å². The number of fused-ring (bicyclic) bond motifs is 1. The number of ether oxygens (including phenoxy) is 1. The second-order valence-electron chi connectivity index (χ2n) is 6.06. The number of nitrogen functional groups attached to an aromatic ring is 1. The van der Waals surface area contributed by atoms with Crippen molar-refractivity contribution in [3.05, 3.63) is 54.0 Å². The van der Waals surface area contributed by atoms with Gasteiger partial charge < -0.3 is 15.8 Å². The van der Waals surface area contributed by atoms with Crippen LogP contribution in [0, 0.1) is 18.6 Å². The number of imidazole rings is 1. The number of hydrogen-bond donors (Lipinski definition) is 2. The third-order valence-corrected chi connectivity index (χ3v) is 4.07. The summed E-state index contributed by atoms with van der Waals surface area (Å²) in [6.45, 7) is -1.49. The van der Waals surface area contributed by atoms with E-state index in [9.17, 15) is 17.6 Å². The summed E-state index contributed by atoms with van der Waals surface area (Å²) >= 11 is 0. The maximum atomic E-state index is 14.5. The van der Waals surface area contributed by atoms with E-state index in [4.69, 9.17) is 5.73 Å². The van der Waals surface area contributed by atoms with Crippen molar-refractivity contribution < 1.29 is 22.3 Å². The van der Waals surface area contributed by atoms with Crippen LogP contribution in [0.15, 0.2) is 36.5 Å². The molecule has 0 spiro atoms. The lowest BCUT2D eigenvalue weighted by Gasteiger charge is -2.12. The number of halogens is 4. The van der Waals surface area contributed by atoms with E-state index in [0.29, 0.717) is 17.0 Å². The molecule has 3 aromatic heterocycles. The molecule has 3 N–H and O–H groups in total. The van der Waals surface area contributed by atoms with Gasteiger partial charge >= 0.3 is 6.61 Å². The van der Waals surface area contributed by atoms with Gasteiger partial charge in [0.25, 0.3) is 0 Å². The molecule has 12 heteroatoms. The van der Waals surface area contributed by atoms with Gasteiger partial charge in [-0.15, -0.1) is 0 Å². The highest BCUT2D eigenvalue weighted by molar-refractivity contribution is 5.73. The molecule has 1 aromatic carbocycles. The maximum absolute atomic E-state index is 14.5. The minimum Gasteiger partial charge on any atom is -0.432 e. The average molecular weight is 419 g/mol. The number of rotatable bonds is 5. The molecule has 0 bridgehead atoms. The highest BCUT2D eigenvalue weighted by Gasteiger charge is 2.18. The van der Waals surface area contributed by atoms with Crippen molar-refractivity contribution in [2.75, 3.05) is 11.1 Å². The van der Waals surface area contributed by atoms with Gasteiger partial charge in [-0.25, -0.2) is 14.4 Å². The fourth-order valence-corrected chi connectivity index (χ4v) is 2.82. The van der Waals surface area contributed by atoms with Crippen LogP contribution in [-0.2, 0) is 0 Å². The number of nitrogens with zero attached hydrogens (tertiary/aromatic N) is 5. The fourth-order valence-electron chi connectivity index (χ4n) is 2.82. The van der Waals surface area contributed by atoms with Crippen LogP contribution in [0.3, 0.4) is 0 Å². The third kappa shape index (κ3) is 3.54. The van der Waals surface area contributed by atoms with E-state index < -0.39 is 29.8 Å². The highest BCUT2D eigenvalue weighted by atomic mass is 19.3. The molecule has 0 fully saturated rings. The van der Waals surface area contributed by atoms with Gasteiger partial charge in [-0.2, -0.15) is 23.1 Å². The molecule has 0 amide bonds. The van der Waals surface area contributed by atoms with Gasteiger partial charge in [0.05, 0.1) is 5.52 Å². The quantitative estimate of drug-likeness (QED) is 0.475. The Kier molecular flexibility index (Phi) is 4.82. The standard InChI is InChI=1S/C18H13F4N7O/c1-8-25-15-11(3-2-6-24-15)29(8)18-27-14(23)13(20)16(28-18)26-9-4-5-12(10(19)7-9)30-17(21)22/h2-7,17H,1H3,(H3,23,26,27,28). The summed E-state index contributed by atoms with van der Waals surface area (Å²) < 4.78 is 58.6. The van der Waals surface area contributed by atoms with Crippen molar-refractivity contribution in [3.8, 4) is 11.7 Å². The second-order valence-corrected chi connectivity index (χ2v) is 6.06. The van der Waals surface area contributed by atoms with Crippen LogP contribution in [0.25, 0.3) is 17.1 Å². The molecule has 0 saturated heterocycles. The molecule has 0 saturated carbocycles. The lowest BCUT2D eigenvalue weighted by atomic mass is 10.3. The van der Waals surface area contributed by atoms with E-state index in [-0.39, 0.29) is 17.5 Å². The maximum Gasteiger partial charge on any atom is 0.387 e. The second kappa shape index (κ2) is 7.46. The lowest BCUT2D eigenvalue weighted by molar-refractivity contribution is -0.0521. The topological polar surface area (TPSA) is 104 Å². The number of pyridine rings is 1. The van der Waals surface area contributed by atoms with Crippen LogP contribution in [0.2, 0.25) is 0 Å². The molecule has 8 nitrogen and oxygen atoms in total. The number of aryl methyl sites for hydroxylation is 1. The fraction of sp³-hybridized carbons (Fsp3) is 0.111. The first kappa shape index (κ1) is 19.4. The Morgan fingerprint density at radius 3 is 2.67 bits per heavy atom. The zero-order valence-corrected chi connectivity index (χ0v) is 15.3. The molecule has 4 rings (SSSR count). The van der Waals surface area contributed by atoms with Gasteiger partial charge in [0.15, 0.2) is 28.8 Å². The van der Waals surface area contributed by atoms with E-state index in [0.717, 1.165) is 12.1 Å². The summed E-state index contributed by atoms with van der Waals surface area (Å²) in [7, 11) is 0. The van der Waals surface area contributed by atoms with Crippen LogP contribution >= 0.6 is 0 Å². The lowest BCUT2D eigenvalue weighted by Crippen LogP contribution is -2.11. The minimum atomic E-state index is -3.18. The van der Waals surface area contributed by atoms with Crippen molar-refractivity contribution in [2.24, 2.45) is 0 Å². The summed E-state index contributed by atoms with van der Waals surface area (Å²) in [6.07, 6.45) is 1.57. The molecule has 0 radical (unpaired) electrons. The Bertz CT molecular complexity index is 1240. The van der Waals surface area contributed by atoms with Crippen molar-refractivity contribution >= 4 is 28.5 Å². The molecular weight excluding hydrogens is 406 g/mol. The monoisotopic (exact) mass is 419 g/mol. The van der Waals surface area contributed by atoms with Gasteiger partial charge in [-0.1, -0.05) is 0 Å². The van der Waals surface area contributed by atoms with E-state index in [2.05, 4.69) is 30.0 Å².